The van der Waals surface area contributed by atoms with Gasteiger partial charge in [-0.1, -0.05) is 36.4 Å². The summed E-state index contributed by atoms with van der Waals surface area (Å²) in [4.78, 5) is 47.3. The fraction of sp³-hybridized carbons (Fsp3) is 0.391. The number of pyridine rings is 1. The van der Waals surface area contributed by atoms with Crippen LogP contribution in [0.4, 0.5) is 4.79 Å². The van der Waals surface area contributed by atoms with Crippen molar-refractivity contribution in [3.63, 3.8) is 0 Å². The van der Waals surface area contributed by atoms with E-state index in [-0.39, 0.29) is 24.8 Å². The molecule has 0 spiro atoms. The van der Waals surface area contributed by atoms with Gasteiger partial charge in [-0.2, -0.15) is 0 Å². The molecule has 4 amide bonds. The number of hydrogen-bond donors (Lipinski definition) is 1. The van der Waals surface area contributed by atoms with E-state index in [1.165, 1.54) is 4.90 Å². The molecular formula is C23H27N5O3. The number of aromatic nitrogens is 1. The average Bonchev–Trinajstić information content (AvgIpc) is 3.06. The molecule has 4 rings (SSSR count). The Morgan fingerprint density at radius 1 is 1.00 bits per heavy atom. The second-order valence-corrected chi connectivity index (χ2v) is 7.91. The molecule has 1 aromatic heterocycles. The summed E-state index contributed by atoms with van der Waals surface area (Å²) in [6.07, 6.45) is 2.69. The lowest BCUT2D eigenvalue weighted by Gasteiger charge is -2.35. The molecule has 162 valence electrons. The molecule has 2 fully saturated rings. The molecule has 1 aromatic carbocycles. The number of rotatable bonds is 7. The van der Waals surface area contributed by atoms with Crippen molar-refractivity contribution >= 4 is 17.8 Å². The standard InChI is InChI=1S/C23H27N5O3/c29-21(27-14-12-26(13-15-27)11-9-19-8-4-5-10-24-19)16-20-22(30)28(23(31)25-20)17-18-6-2-1-3-7-18/h1-8,10,20H,9,11-17H2,(H,25,31)/t20-/m1/s1. The number of imide groups is 1. The number of benzene rings is 1. The third-order valence-corrected chi connectivity index (χ3v) is 5.80. The molecule has 0 aliphatic carbocycles. The Bertz CT molecular complexity index is 913. The summed E-state index contributed by atoms with van der Waals surface area (Å²) in [7, 11) is 0. The van der Waals surface area contributed by atoms with Crippen molar-refractivity contribution < 1.29 is 14.4 Å². The normalized spacial score (nSPS) is 19.5. The van der Waals surface area contributed by atoms with Gasteiger partial charge in [0, 0.05) is 51.0 Å². The van der Waals surface area contributed by atoms with Crippen molar-refractivity contribution in [2.24, 2.45) is 0 Å². The molecule has 3 heterocycles. The van der Waals surface area contributed by atoms with Gasteiger partial charge >= 0.3 is 6.03 Å². The van der Waals surface area contributed by atoms with Crippen LogP contribution in [-0.4, -0.2) is 76.3 Å². The van der Waals surface area contributed by atoms with Crippen LogP contribution in [0, 0.1) is 0 Å². The van der Waals surface area contributed by atoms with Crippen LogP contribution in [-0.2, 0) is 22.6 Å². The molecule has 0 bridgehead atoms. The second kappa shape index (κ2) is 9.70. The molecule has 1 atom stereocenters. The van der Waals surface area contributed by atoms with Crippen LogP contribution >= 0.6 is 0 Å². The third-order valence-electron chi connectivity index (χ3n) is 5.80. The molecule has 31 heavy (non-hydrogen) atoms. The monoisotopic (exact) mass is 421 g/mol. The molecule has 2 saturated heterocycles. The van der Waals surface area contributed by atoms with E-state index in [1.54, 1.807) is 11.1 Å². The van der Waals surface area contributed by atoms with Crippen molar-refractivity contribution in [3.8, 4) is 0 Å². The highest BCUT2D eigenvalue weighted by molar-refractivity contribution is 6.05. The van der Waals surface area contributed by atoms with Gasteiger partial charge in [0.1, 0.15) is 6.04 Å². The largest absolute Gasteiger partial charge is 0.340 e. The number of carbonyl (C=O) groups is 3. The lowest BCUT2D eigenvalue weighted by molar-refractivity contribution is -0.137. The summed E-state index contributed by atoms with van der Waals surface area (Å²) < 4.78 is 0. The minimum Gasteiger partial charge on any atom is -0.340 e. The topological polar surface area (TPSA) is 85.8 Å². The maximum Gasteiger partial charge on any atom is 0.325 e. The number of nitrogens with one attached hydrogen (secondary N) is 1. The maximum absolute atomic E-state index is 12.7. The number of carbonyl (C=O) groups excluding carboxylic acids is 3. The van der Waals surface area contributed by atoms with Crippen LogP contribution in [0.15, 0.2) is 54.7 Å². The number of nitrogens with zero attached hydrogens (tertiary/aromatic N) is 4. The van der Waals surface area contributed by atoms with Crippen LogP contribution in [0.1, 0.15) is 17.7 Å². The Hall–Kier alpha value is -3.26. The van der Waals surface area contributed by atoms with Gasteiger partial charge in [0.2, 0.25) is 5.91 Å². The first-order valence-electron chi connectivity index (χ1n) is 10.7. The predicted molar refractivity (Wildman–Crippen MR) is 115 cm³/mol. The summed E-state index contributed by atoms with van der Waals surface area (Å²) >= 11 is 0. The van der Waals surface area contributed by atoms with E-state index < -0.39 is 12.1 Å². The first kappa shape index (κ1) is 21.0. The smallest absolute Gasteiger partial charge is 0.325 e. The zero-order chi connectivity index (χ0) is 21.6. The number of urea groups is 1. The second-order valence-electron chi connectivity index (χ2n) is 7.91. The van der Waals surface area contributed by atoms with Gasteiger partial charge < -0.3 is 10.2 Å². The minimum absolute atomic E-state index is 0.00377. The van der Waals surface area contributed by atoms with Crippen molar-refractivity contribution in [2.45, 2.75) is 25.4 Å². The number of piperazine rings is 1. The van der Waals surface area contributed by atoms with Gasteiger partial charge in [0.25, 0.3) is 5.91 Å². The van der Waals surface area contributed by atoms with Crippen molar-refractivity contribution in [1.82, 2.24) is 25.0 Å². The van der Waals surface area contributed by atoms with E-state index in [0.717, 1.165) is 37.3 Å². The molecule has 8 nitrogen and oxygen atoms in total. The number of hydrogen-bond acceptors (Lipinski definition) is 5. The fourth-order valence-corrected chi connectivity index (χ4v) is 3.97. The lowest BCUT2D eigenvalue weighted by atomic mass is 10.1. The zero-order valence-corrected chi connectivity index (χ0v) is 17.4. The van der Waals surface area contributed by atoms with E-state index in [9.17, 15) is 14.4 Å². The van der Waals surface area contributed by atoms with Crippen LogP contribution in [0.2, 0.25) is 0 Å². The Labute approximate surface area is 181 Å². The summed E-state index contributed by atoms with van der Waals surface area (Å²) in [5, 5.41) is 2.66. The van der Waals surface area contributed by atoms with Gasteiger partial charge in [0.15, 0.2) is 0 Å². The van der Waals surface area contributed by atoms with E-state index >= 15 is 0 Å². The average molecular weight is 422 g/mol. The van der Waals surface area contributed by atoms with Gasteiger partial charge in [0.05, 0.1) is 13.0 Å². The highest BCUT2D eigenvalue weighted by atomic mass is 16.2. The first-order valence-corrected chi connectivity index (χ1v) is 10.7. The van der Waals surface area contributed by atoms with Crippen molar-refractivity contribution in [2.75, 3.05) is 32.7 Å². The minimum atomic E-state index is -0.786. The molecule has 2 aliphatic rings. The zero-order valence-electron chi connectivity index (χ0n) is 17.4. The lowest BCUT2D eigenvalue weighted by Crippen LogP contribution is -2.50. The Kier molecular flexibility index (Phi) is 6.57. The Morgan fingerprint density at radius 2 is 1.74 bits per heavy atom. The highest BCUT2D eigenvalue weighted by Gasteiger charge is 2.39. The SMILES string of the molecule is O=C(C[C@H]1NC(=O)N(Cc2ccccc2)C1=O)N1CCN(CCc2ccccn2)CC1. The summed E-state index contributed by atoms with van der Waals surface area (Å²) in [5.41, 5.74) is 1.94. The molecule has 0 unspecified atom stereocenters. The van der Waals surface area contributed by atoms with Crippen molar-refractivity contribution in [1.29, 1.82) is 0 Å². The van der Waals surface area contributed by atoms with Gasteiger partial charge in [-0.25, -0.2) is 4.79 Å². The van der Waals surface area contributed by atoms with Crippen LogP contribution < -0.4 is 5.32 Å². The highest BCUT2D eigenvalue weighted by Crippen LogP contribution is 2.15. The molecule has 8 heteroatoms. The van der Waals surface area contributed by atoms with E-state index in [0.29, 0.717) is 13.1 Å². The Balaban J connectivity index is 1.23. The summed E-state index contributed by atoms with van der Waals surface area (Å²) in [5.74, 6) is -0.430. The van der Waals surface area contributed by atoms with Crippen LogP contribution in [0.5, 0.6) is 0 Å². The molecular weight excluding hydrogens is 394 g/mol. The predicted octanol–water partition coefficient (Wildman–Crippen LogP) is 1.28. The van der Waals surface area contributed by atoms with Gasteiger partial charge in [-0.15, -0.1) is 0 Å². The molecule has 2 aliphatic heterocycles. The van der Waals surface area contributed by atoms with E-state index in [4.69, 9.17) is 0 Å². The fourth-order valence-electron chi connectivity index (χ4n) is 3.97. The quantitative estimate of drug-likeness (QED) is 0.681. The van der Waals surface area contributed by atoms with Crippen LogP contribution in [0.25, 0.3) is 0 Å². The van der Waals surface area contributed by atoms with Crippen molar-refractivity contribution in [3.05, 3.63) is 66.0 Å². The summed E-state index contributed by atoms with van der Waals surface area (Å²) in [6.45, 7) is 3.97. The van der Waals surface area contributed by atoms with E-state index in [2.05, 4.69) is 15.2 Å². The maximum atomic E-state index is 12.7. The summed E-state index contributed by atoms with van der Waals surface area (Å²) in [6, 6.07) is 14.0. The molecule has 0 radical (unpaired) electrons. The van der Waals surface area contributed by atoms with E-state index in [1.807, 2.05) is 48.5 Å². The van der Waals surface area contributed by atoms with Crippen LogP contribution in [0.3, 0.4) is 0 Å². The molecule has 2 aromatic rings. The Morgan fingerprint density at radius 3 is 2.45 bits per heavy atom. The molecule has 0 saturated carbocycles. The first-order chi connectivity index (χ1) is 15.1. The van der Waals surface area contributed by atoms with Gasteiger partial charge in [-0.3, -0.25) is 24.4 Å². The third kappa shape index (κ3) is 5.27. The molecule has 1 N–H and O–H groups in total. The van der Waals surface area contributed by atoms with Gasteiger partial charge in [-0.05, 0) is 17.7 Å². The number of amides is 4.